The van der Waals surface area contributed by atoms with Crippen molar-refractivity contribution in [1.82, 2.24) is 15.3 Å². The maximum Gasteiger partial charge on any atom is 0.458 e. The van der Waals surface area contributed by atoms with Gasteiger partial charge in [-0.15, -0.1) is 11.3 Å². The second-order valence-electron chi connectivity index (χ2n) is 10.3. The van der Waals surface area contributed by atoms with Crippen LogP contribution in [0.15, 0.2) is 48.2 Å². The van der Waals surface area contributed by atoms with Crippen LogP contribution in [0.1, 0.15) is 46.4 Å². The highest BCUT2D eigenvalue weighted by atomic mass is 32.1. The number of Topliss-reactive ketones (excluding diaryl/α,β-unsaturated/α-hetero) is 2. The molecule has 0 radical (unpaired) electrons. The molecule has 0 unspecified atom stereocenters. The van der Waals surface area contributed by atoms with Crippen molar-refractivity contribution < 1.29 is 50.3 Å². The third-order valence-electron chi connectivity index (χ3n) is 6.95. The van der Waals surface area contributed by atoms with E-state index in [1.807, 2.05) is 18.2 Å². The predicted octanol–water partition coefficient (Wildman–Crippen LogP) is 5.02. The fraction of sp³-hybridized carbons (Fsp3) is 0.379. The van der Waals surface area contributed by atoms with Crippen LogP contribution in [-0.2, 0) is 9.59 Å². The third kappa shape index (κ3) is 9.71. The zero-order valence-electron chi connectivity index (χ0n) is 24.4. The number of aromatic nitrogens is 2. The summed E-state index contributed by atoms with van der Waals surface area (Å²) in [6.07, 6.45) is -2.78. The molecular weight excluding hydrogens is 658 g/mol. The number of ketones is 2. The molecule has 5 rings (SSSR count). The number of hydrogen-bond acceptors (Lipinski definition) is 10. The van der Waals surface area contributed by atoms with Crippen LogP contribution in [-0.4, -0.2) is 78.0 Å². The van der Waals surface area contributed by atoms with Gasteiger partial charge in [-0.2, -0.15) is 26.3 Å². The lowest BCUT2D eigenvalue weighted by atomic mass is 10.1. The molecule has 2 fully saturated rings. The lowest BCUT2D eigenvalue weighted by Crippen LogP contribution is -2.39. The Morgan fingerprint density at radius 3 is 2.11 bits per heavy atom. The number of hydrogen-bond donors (Lipinski definition) is 3. The van der Waals surface area contributed by atoms with Gasteiger partial charge in [0.1, 0.15) is 11.9 Å². The van der Waals surface area contributed by atoms with Crippen LogP contribution in [0, 0.1) is 0 Å². The standard InChI is InChI=1S/C25H28N6O3S.C4F6O2/c32-23(30-25-28-11-14-35-25)19-7-10-27-16-21(19)29-24(33)20-4-3-17(31-12-1-2-13-31)15-22(20)34-18-5-8-26-9-6-18;5-3(6,7)1(11)2(12)4(8,9)10/h3-4,7,10-11,14-16,18,26H,1-2,5-6,8-9,12-13H2,(H,29,33)(H,28,30,32);. The second kappa shape index (κ2) is 15.3. The Kier molecular flexibility index (Phi) is 11.5. The number of ether oxygens (including phenoxy) is 1. The quantitative estimate of drug-likeness (QED) is 0.220. The van der Waals surface area contributed by atoms with Gasteiger partial charge in [0.25, 0.3) is 11.8 Å². The van der Waals surface area contributed by atoms with Gasteiger partial charge in [0.05, 0.1) is 23.0 Å². The molecule has 18 heteroatoms. The summed E-state index contributed by atoms with van der Waals surface area (Å²) >= 11 is 1.32. The smallest absolute Gasteiger partial charge is 0.458 e. The Morgan fingerprint density at radius 1 is 0.872 bits per heavy atom. The Labute approximate surface area is 267 Å². The maximum absolute atomic E-state index is 13.4. The van der Waals surface area contributed by atoms with Crippen molar-refractivity contribution in [2.75, 3.05) is 41.7 Å². The minimum Gasteiger partial charge on any atom is -0.489 e. The second-order valence-corrected chi connectivity index (χ2v) is 11.2. The molecule has 2 aliphatic rings. The fourth-order valence-corrected chi connectivity index (χ4v) is 5.17. The summed E-state index contributed by atoms with van der Waals surface area (Å²) < 4.78 is 73.3. The first-order valence-electron chi connectivity index (χ1n) is 14.2. The topological polar surface area (TPSA) is 143 Å². The Hall–Kier alpha value is -4.58. The minimum atomic E-state index is -5.77. The van der Waals surface area contributed by atoms with Gasteiger partial charge in [0.15, 0.2) is 5.13 Å². The molecule has 0 aliphatic carbocycles. The first-order valence-corrected chi connectivity index (χ1v) is 15.1. The Balaban J connectivity index is 0.000000356. The molecule has 3 aromatic rings. The molecule has 3 N–H and O–H groups in total. The number of amides is 2. The van der Waals surface area contributed by atoms with E-state index < -0.39 is 23.9 Å². The highest BCUT2D eigenvalue weighted by molar-refractivity contribution is 7.13. The number of thiazole rings is 1. The highest BCUT2D eigenvalue weighted by Gasteiger charge is 2.54. The number of pyridine rings is 1. The zero-order valence-corrected chi connectivity index (χ0v) is 25.2. The summed E-state index contributed by atoms with van der Waals surface area (Å²) in [6.45, 7) is 3.80. The number of nitrogens with zero attached hydrogens (tertiary/aromatic N) is 3. The van der Waals surface area contributed by atoms with Gasteiger partial charge in [0, 0.05) is 42.6 Å². The summed E-state index contributed by atoms with van der Waals surface area (Å²) in [4.78, 5) is 56.0. The molecule has 47 heavy (non-hydrogen) atoms. The number of alkyl halides is 6. The summed E-state index contributed by atoms with van der Waals surface area (Å²) in [5.41, 5.74) is 2.12. The molecule has 4 heterocycles. The van der Waals surface area contributed by atoms with Gasteiger partial charge in [-0.05, 0) is 57.0 Å². The minimum absolute atomic E-state index is 0.0506. The van der Waals surface area contributed by atoms with Gasteiger partial charge < -0.3 is 20.3 Å². The average molecular weight is 687 g/mol. The average Bonchev–Trinajstić information content (AvgIpc) is 3.76. The van der Waals surface area contributed by atoms with Crippen LogP contribution < -0.4 is 25.6 Å². The van der Waals surface area contributed by atoms with E-state index in [2.05, 4.69) is 30.8 Å². The molecule has 0 atom stereocenters. The maximum atomic E-state index is 13.4. The van der Waals surface area contributed by atoms with Crippen LogP contribution in [0.25, 0.3) is 0 Å². The predicted molar refractivity (Wildman–Crippen MR) is 159 cm³/mol. The molecule has 2 aromatic heterocycles. The summed E-state index contributed by atoms with van der Waals surface area (Å²) in [5, 5.41) is 11.2. The molecule has 11 nitrogen and oxygen atoms in total. The van der Waals surface area contributed by atoms with E-state index in [-0.39, 0.29) is 17.9 Å². The number of anilines is 3. The van der Waals surface area contributed by atoms with Crippen molar-refractivity contribution in [3.8, 4) is 5.75 Å². The van der Waals surface area contributed by atoms with Crippen LogP contribution in [0.2, 0.25) is 0 Å². The van der Waals surface area contributed by atoms with E-state index in [1.165, 1.54) is 36.6 Å². The van der Waals surface area contributed by atoms with Crippen LogP contribution in [0.3, 0.4) is 0 Å². The number of halogens is 6. The molecule has 2 amide bonds. The lowest BCUT2D eigenvalue weighted by Gasteiger charge is -2.26. The van der Waals surface area contributed by atoms with Gasteiger partial charge in [-0.25, -0.2) is 4.98 Å². The first-order chi connectivity index (χ1) is 22.2. The van der Waals surface area contributed by atoms with E-state index >= 15 is 0 Å². The summed E-state index contributed by atoms with van der Waals surface area (Å²) in [5.74, 6) is -6.96. The van der Waals surface area contributed by atoms with Crippen molar-refractivity contribution in [3.05, 3.63) is 59.4 Å². The molecule has 1 aromatic carbocycles. The number of nitrogens with one attached hydrogen (secondary N) is 3. The van der Waals surface area contributed by atoms with Gasteiger partial charge in [-0.3, -0.25) is 29.5 Å². The van der Waals surface area contributed by atoms with Gasteiger partial charge >= 0.3 is 23.9 Å². The van der Waals surface area contributed by atoms with Crippen molar-refractivity contribution >= 4 is 51.2 Å². The molecule has 2 aliphatic heterocycles. The van der Waals surface area contributed by atoms with E-state index in [1.54, 1.807) is 17.6 Å². The monoisotopic (exact) mass is 686 g/mol. The van der Waals surface area contributed by atoms with E-state index in [4.69, 9.17) is 4.74 Å². The van der Waals surface area contributed by atoms with E-state index in [0.29, 0.717) is 27.7 Å². The Bertz CT molecular complexity index is 1550. The molecule has 0 spiro atoms. The van der Waals surface area contributed by atoms with Gasteiger partial charge in [0.2, 0.25) is 0 Å². The number of carbonyl (C=O) groups is 4. The fourth-order valence-electron chi connectivity index (χ4n) is 4.65. The number of benzene rings is 1. The highest BCUT2D eigenvalue weighted by Crippen LogP contribution is 2.31. The molecule has 0 saturated carbocycles. The van der Waals surface area contributed by atoms with Crippen LogP contribution in [0.5, 0.6) is 5.75 Å². The molecule has 2 saturated heterocycles. The molecule has 0 bridgehead atoms. The first kappa shape index (κ1) is 35.3. The molecule has 252 valence electrons. The number of carbonyl (C=O) groups excluding carboxylic acids is 4. The lowest BCUT2D eigenvalue weighted by molar-refractivity contribution is -0.193. The van der Waals surface area contributed by atoms with Crippen molar-refractivity contribution in [2.24, 2.45) is 0 Å². The normalized spacial score (nSPS) is 15.3. The van der Waals surface area contributed by atoms with Crippen LogP contribution >= 0.6 is 11.3 Å². The SMILES string of the molecule is O=C(C(=O)C(F)(F)F)C(F)(F)F.O=C(Nc1nccs1)c1ccncc1NC(=O)c1ccc(N2CCCC2)cc1OC1CCNCC1. The van der Waals surface area contributed by atoms with Crippen LogP contribution in [0.4, 0.5) is 42.8 Å². The van der Waals surface area contributed by atoms with E-state index in [0.717, 1.165) is 44.7 Å². The van der Waals surface area contributed by atoms with Crippen molar-refractivity contribution in [1.29, 1.82) is 0 Å². The van der Waals surface area contributed by atoms with Gasteiger partial charge in [-0.1, -0.05) is 0 Å². The third-order valence-corrected chi connectivity index (χ3v) is 7.64. The van der Waals surface area contributed by atoms with E-state index in [9.17, 15) is 45.5 Å². The zero-order chi connectivity index (χ0) is 34.2. The summed E-state index contributed by atoms with van der Waals surface area (Å²) in [7, 11) is 0. The summed E-state index contributed by atoms with van der Waals surface area (Å²) in [6, 6.07) is 7.32. The van der Waals surface area contributed by atoms with Crippen molar-refractivity contribution in [3.63, 3.8) is 0 Å². The molecular formula is C29H28F6N6O5S. The number of rotatable bonds is 8. The van der Waals surface area contributed by atoms with Crippen molar-refractivity contribution in [2.45, 2.75) is 44.1 Å². The Morgan fingerprint density at radius 2 is 1.51 bits per heavy atom. The largest absolute Gasteiger partial charge is 0.489 e. The number of piperidine rings is 1.